The summed E-state index contributed by atoms with van der Waals surface area (Å²) in [7, 11) is 4.10. The van der Waals surface area contributed by atoms with Gasteiger partial charge in [0.25, 0.3) is 15.9 Å². The van der Waals surface area contributed by atoms with E-state index < -0.39 is 15.9 Å². The van der Waals surface area contributed by atoms with Gasteiger partial charge in [0.05, 0.1) is 12.0 Å². The molecule has 0 fully saturated rings. The lowest BCUT2D eigenvalue weighted by Crippen LogP contribution is -2.31. The fourth-order valence-electron chi connectivity index (χ4n) is 4.66. The van der Waals surface area contributed by atoms with Crippen molar-refractivity contribution in [3.63, 3.8) is 0 Å². The summed E-state index contributed by atoms with van der Waals surface area (Å²) in [6, 6.07) is 16.9. The molecule has 4 aromatic rings. The quantitative estimate of drug-likeness (QED) is 0.251. The van der Waals surface area contributed by atoms with E-state index in [0.717, 1.165) is 33.3 Å². The number of nitrogens with zero attached hydrogens (tertiary/aromatic N) is 2. The molecule has 1 aromatic heterocycles. The number of rotatable bonds is 10. The van der Waals surface area contributed by atoms with Gasteiger partial charge in [0, 0.05) is 80.1 Å². The Morgan fingerprint density at radius 3 is 2.20 bits per heavy atom. The minimum absolute atomic E-state index is 0.0250. The first-order valence-electron chi connectivity index (χ1n) is 14.0. The van der Waals surface area contributed by atoms with Crippen molar-refractivity contribution in [3.05, 3.63) is 106 Å². The van der Waals surface area contributed by atoms with Crippen molar-refractivity contribution >= 4 is 50.8 Å². The predicted molar refractivity (Wildman–Crippen MR) is 175 cm³/mol. The van der Waals surface area contributed by atoms with Crippen LogP contribution in [0.2, 0.25) is 0 Å². The first-order valence-corrected chi connectivity index (χ1v) is 15.5. The van der Waals surface area contributed by atoms with Crippen LogP contribution in [0.4, 0.5) is 0 Å². The second-order valence-corrected chi connectivity index (χ2v) is 12.5. The summed E-state index contributed by atoms with van der Waals surface area (Å²) in [6.45, 7) is 1.66. The molecule has 0 aliphatic heterocycles. The molecule has 4 rings (SSSR count). The van der Waals surface area contributed by atoms with Crippen LogP contribution in [0.1, 0.15) is 38.3 Å². The second kappa shape index (κ2) is 13.6. The summed E-state index contributed by atoms with van der Waals surface area (Å²) in [5.41, 5.74) is 4.57. The van der Waals surface area contributed by atoms with Gasteiger partial charge in [0.2, 0.25) is 11.8 Å². The molecule has 1 heterocycles. The summed E-state index contributed by atoms with van der Waals surface area (Å²) < 4.78 is 33.5. The Morgan fingerprint density at radius 1 is 0.889 bits per heavy atom. The maximum absolute atomic E-state index is 13.0. The molecule has 2 N–H and O–H groups in total. The molecule has 0 aliphatic rings. The number of aryl methyl sites for hydroxylation is 1. The van der Waals surface area contributed by atoms with E-state index in [1.54, 1.807) is 77.6 Å². The lowest BCUT2D eigenvalue weighted by Gasteiger charge is -2.12. The van der Waals surface area contributed by atoms with Crippen molar-refractivity contribution in [2.45, 2.75) is 18.2 Å². The number of aromatic nitrogens is 1. The molecule has 0 radical (unpaired) electrons. The third-order valence-electron chi connectivity index (χ3n) is 7.16. The van der Waals surface area contributed by atoms with Crippen molar-refractivity contribution < 1.29 is 27.5 Å². The highest BCUT2D eigenvalue weighted by molar-refractivity contribution is 7.90. The number of nitrogens with one attached hydrogen (secondary N) is 2. The number of sulfonamides is 1. The molecule has 0 saturated carbocycles. The van der Waals surface area contributed by atoms with Gasteiger partial charge in [-0.3, -0.25) is 14.4 Å². The minimum atomic E-state index is -4.08. The number of H-pyrrole nitrogens is 1. The van der Waals surface area contributed by atoms with Crippen LogP contribution in [0.25, 0.3) is 23.1 Å². The van der Waals surface area contributed by atoms with Gasteiger partial charge in [0.1, 0.15) is 5.75 Å². The number of amides is 3. The SMILES string of the molecule is COc1cc(C(=O)NS(=O)(=O)c2ccccc2C)ccc1Cc1[nH]c2cc(C=CC(=O)N(C)C)ccc2c1C=CC(=O)N(C)C. The molecule has 0 aliphatic carbocycles. The predicted octanol–water partition coefficient (Wildman–Crippen LogP) is 4.40. The average Bonchev–Trinajstić information content (AvgIpc) is 3.34. The largest absolute Gasteiger partial charge is 0.496 e. The van der Waals surface area contributed by atoms with Crippen molar-refractivity contribution in [1.82, 2.24) is 19.5 Å². The Hall–Kier alpha value is -5.16. The molecule has 0 spiro atoms. The number of aromatic amines is 1. The average molecular weight is 629 g/mol. The van der Waals surface area contributed by atoms with Gasteiger partial charge in [-0.05, 0) is 54.5 Å². The monoisotopic (exact) mass is 628 g/mol. The van der Waals surface area contributed by atoms with Gasteiger partial charge in [0.15, 0.2) is 0 Å². The van der Waals surface area contributed by atoms with E-state index in [2.05, 4.69) is 9.71 Å². The van der Waals surface area contributed by atoms with Gasteiger partial charge in [-0.25, -0.2) is 13.1 Å². The van der Waals surface area contributed by atoms with Crippen LogP contribution in [-0.4, -0.2) is 76.2 Å². The zero-order chi connectivity index (χ0) is 32.9. The maximum atomic E-state index is 13.0. The molecule has 0 unspecified atom stereocenters. The molecule has 0 saturated heterocycles. The van der Waals surface area contributed by atoms with Gasteiger partial charge < -0.3 is 19.5 Å². The number of likely N-dealkylation sites (N-methyl/N-ethyl adjacent to an activating group) is 2. The van der Waals surface area contributed by atoms with Crippen molar-refractivity contribution in [1.29, 1.82) is 0 Å². The van der Waals surface area contributed by atoms with E-state index in [-0.39, 0.29) is 22.3 Å². The third-order valence-corrected chi connectivity index (χ3v) is 8.65. The zero-order valence-corrected chi connectivity index (χ0v) is 26.9. The smallest absolute Gasteiger partial charge is 0.265 e. The van der Waals surface area contributed by atoms with Gasteiger partial charge >= 0.3 is 0 Å². The standard InChI is InChI=1S/C34H36N4O6S/c1-22-9-7-8-10-31(22)45(42,43)36-34(41)25-14-13-24(30(21-25)44-6)20-29-27(16-18-33(40)38(4)5)26-15-11-23(19-28(26)35-29)12-17-32(39)37(2)3/h7-19,21,35H,20H2,1-6H3,(H,36,41). The fourth-order valence-corrected chi connectivity index (χ4v) is 5.88. The number of hydrogen-bond donors (Lipinski definition) is 2. The Morgan fingerprint density at radius 2 is 1.56 bits per heavy atom. The summed E-state index contributed by atoms with van der Waals surface area (Å²) in [4.78, 5) is 43.9. The summed E-state index contributed by atoms with van der Waals surface area (Å²) in [6.07, 6.45) is 6.83. The summed E-state index contributed by atoms with van der Waals surface area (Å²) in [5, 5.41) is 0.875. The van der Waals surface area contributed by atoms with Crippen LogP contribution in [0.5, 0.6) is 5.75 Å². The van der Waals surface area contributed by atoms with Crippen LogP contribution in [-0.2, 0) is 26.0 Å². The number of benzene rings is 3. The Labute approximate surface area is 263 Å². The van der Waals surface area contributed by atoms with E-state index in [9.17, 15) is 22.8 Å². The molecule has 45 heavy (non-hydrogen) atoms. The van der Waals surface area contributed by atoms with Gasteiger partial charge in [-0.1, -0.05) is 36.4 Å². The van der Waals surface area contributed by atoms with E-state index in [1.165, 1.54) is 41.2 Å². The molecular formula is C34H36N4O6S. The number of ether oxygens (including phenoxy) is 1. The molecule has 3 aromatic carbocycles. The van der Waals surface area contributed by atoms with Crippen molar-refractivity contribution in [2.24, 2.45) is 0 Å². The highest BCUT2D eigenvalue weighted by Crippen LogP contribution is 2.30. The van der Waals surface area contributed by atoms with Crippen molar-refractivity contribution in [2.75, 3.05) is 35.3 Å². The Bertz CT molecular complexity index is 1940. The highest BCUT2D eigenvalue weighted by Gasteiger charge is 2.22. The molecule has 234 valence electrons. The number of carbonyl (C=O) groups excluding carboxylic acids is 3. The van der Waals surface area contributed by atoms with Gasteiger partial charge in [-0.2, -0.15) is 0 Å². The zero-order valence-electron chi connectivity index (χ0n) is 26.0. The van der Waals surface area contributed by atoms with Crippen LogP contribution in [0.3, 0.4) is 0 Å². The molecule has 3 amide bonds. The van der Waals surface area contributed by atoms with Crippen LogP contribution in [0.15, 0.2) is 77.7 Å². The normalized spacial score (nSPS) is 11.7. The van der Waals surface area contributed by atoms with E-state index >= 15 is 0 Å². The number of hydrogen-bond acceptors (Lipinski definition) is 6. The summed E-state index contributed by atoms with van der Waals surface area (Å²) >= 11 is 0. The third kappa shape index (κ3) is 7.68. The van der Waals surface area contributed by atoms with E-state index in [4.69, 9.17) is 4.74 Å². The maximum Gasteiger partial charge on any atom is 0.265 e. The summed E-state index contributed by atoms with van der Waals surface area (Å²) in [5.74, 6) is -0.705. The number of methoxy groups -OCH3 is 1. The highest BCUT2D eigenvalue weighted by atomic mass is 32.2. The number of fused-ring (bicyclic) bond motifs is 1. The van der Waals surface area contributed by atoms with Crippen LogP contribution in [0, 0.1) is 6.92 Å². The molecule has 0 atom stereocenters. The Kier molecular flexibility index (Phi) is 9.93. The first-order chi connectivity index (χ1) is 21.3. The fraction of sp³-hybridized carbons (Fsp3) is 0.206. The van der Waals surface area contributed by atoms with E-state index in [0.29, 0.717) is 17.7 Å². The first kappa shape index (κ1) is 32.7. The van der Waals surface area contributed by atoms with Crippen LogP contribution < -0.4 is 9.46 Å². The lowest BCUT2D eigenvalue weighted by atomic mass is 10.0. The minimum Gasteiger partial charge on any atom is -0.496 e. The second-order valence-electron chi connectivity index (χ2n) is 10.9. The molecular weight excluding hydrogens is 592 g/mol. The molecule has 10 nitrogen and oxygen atoms in total. The van der Waals surface area contributed by atoms with Crippen LogP contribution >= 0.6 is 0 Å². The van der Waals surface area contributed by atoms with Crippen molar-refractivity contribution in [3.8, 4) is 5.75 Å². The lowest BCUT2D eigenvalue weighted by molar-refractivity contribution is -0.124. The van der Waals surface area contributed by atoms with E-state index in [1.807, 2.05) is 18.2 Å². The topological polar surface area (TPSA) is 129 Å². The number of carbonyl (C=O) groups is 3. The molecule has 0 bridgehead atoms. The Balaban J connectivity index is 1.68. The van der Waals surface area contributed by atoms with Gasteiger partial charge in [-0.15, -0.1) is 0 Å². The molecule has 11 heteroatoms.